The molecule has 0 unspecified atom stereocenters. The van der Waals surface area contributed by atoms with Crippen LogP contribution >= 0.6 is 0 Å². The molecule has 4 rings (SSSR count). The van der Waals surface area contributed by atoms with Crippen LogP contribution in [0.2, 0.25) is 0 Å². The van der Waals surface area contributed by atoms with E-state index in [1.165, 1.54) is 32.1 Å². The van der Waals surface area contributed by atoms with E-state index >= 15 is 0 Å². The second-order valence-corrected chi connectivity index (χ2v) is 5.89. The number of ether oxygens (including phenoxy) is 2. The van der Waals surface area contributed by atoms with Gasteiger partial charge in [-0.25, -0.2) is 4.98 Å². The fraction of sp³-hybridized carbons (Fsp3) is 0.562. The predicted octanol–water partition coefficient (Wildman–Crippen LogP) is 3.46. The lowest BCUT2D eigenvalue weighted by atomic mass is 10.0. The molecule has 0 radical (unpaired) electrons. The summed E-state index contributed by atoms with van der Waals surface area (Å²) >= 11 is 0. The van der Waals surface area contributed by atoms with Crippen LogP contribution in [0.25, 0.3) is 11.0 Å². The predicted molar refractivity (Wildman–Crippen MR) is 77.4 cm³/mol. The van der Waals surface area contributed by atoms with E-state index in [0.717, 1.165) is 40.7 Å². The highest BCUT2D eigenvalue weighted by Gasteiger charge is 2.17. The Morgan fingerprint density at radius 1 is 1.10 bits per heavy atom. The molecule has 0 amide bonds. The van der Waals surface area contributed by atoms with Crippen molar-refractivity contribution in [2.24, 2.45) is 5.92 Å². The SMILES string of the molecule is c1c2c(cc3[nH]c(CCC4CCCC4)nc13)OCCO2. The van der Waals surface area contributed by atoms with E-state index in [0.29, 0.717) is 13.2 Å². The second-order valence-electron chi connectivity index (χ2n) is 5.89. The molecule has 4 nitrogen and oxygen atoms in total. The molecule has 1 fully saturated rings. The van der Waals surface area contributed by atoms with Gasteiger partial charge in [-0.2, -0.15) is 0 Å². The van der Waals surface area contributed by atoms with Crippen molar-refractivity contribution in [1.29, 1.82) is 0 Å². The summed E-state index contributed by atoms with van der Waals surface area (Å²) in [5, 5.41) is 0. The smallest absolute Gasteiger partial charge is 0.163 e. The molecule has 1 aromatic carbocycles. The molecule has 1 N–H and O–H groups in total. The minimum atomic E-state index is 0.622. The van der Waals surface area contributed by atoms with Gasteiger partial charge in [-0.1, -0.05) is 25.7 Å². The number of hydrogen-bond donors (Lipinski definition) is 1. The molecule has 1 aliphatic heterocycles. The summed E-state index contributed by atoms with van der Waals surface area (Å²) in [5.41, 5.74) is 2.03. The number of rotatable bonds is 3. The van der Waals surface area contributed by atoms with Crippen molar-refractivity contribution in [2.45, 2.75) is 38.5 Å². The number of nitrogens with one attached hydrogen (secondary N) is 1. The first-order chi connectivity index (χ1) is 9.88. The molecule has 0 bridgehead atoms. The Bertz CT molecular complexity index is 571. The van der Waals surface area contributed by atoms with Gasteiger partial charge in [0.2, 0.25) is 0 Å². The van der Waals surface area contributed by atoms with E-state index in [1.807, 2.05) is 12.1 Å². The van der Waals surface area contributed by atoms with Crippen LogP contribution in [0, 0.1) is 5.92 Å². The maximum atomic E-state index is 5.61. The molecular formula is C16H20N2O2. The molecule has 0 saturated heterocycles. The first kappa shape index (κ1) is 12.1. The number of nitrogens with zero attached hydrogens (tertiary/aromatic N) is 1. The van der Waals surface area contributed by atoms with Gasteiger partial charge in [0, 0.05) is 18.6 Å². The van der Waals surface area contributed by atoms with Crippen molar-refractivity contribution in [3.63, 3.8) is 0 Å². The number of hydrogen-bond acceptors (Lipinski definition) is 3. The summed E-state index contributed by atoms with van der Waals surface area (Å²) < 4.78 is 11.2. The van der Waals surface area contributed by atoms with Gasteiger partial charge in [-0.15, -0.1) is 0 Å². The van der Waals surface area contributed by atoms with Gasteiger partial charge < -0.3 is 14.5 Å². The van der Waals surface area contributed by atoms with E-state index in [4.69, 9.17) is 14.5 Å². The number of aromatic nitrogens is 2. The van der Waals surface area contributed by atoms with Crippen molar-refractivity contribution in [3.05, 3.63) is 18.0 Å². The Balaban J connectivity index is 1.55. The van der Waals surface area contributed by atoms with Crippen LogP contribution in [0.5, 0.6) is 11.5 Å². The number of imidazole rings is 1. The van der Waals surface area contributed by atoms with E-state index in [-0.39, 0.29) is 0 Å². The Labute approximate surface area is 118 Å². The third kappa shape index (κ3) is 2.23. The van der Waals surface area contributed by atoms with Gasteiger partial charge in [0.05, 0.1) is 11.0 Å². The van der Waals surface area contributed by atoms with Crippen LogP contribution < -0.4 is 9.47 Å². The first-order valence-electron chi connectivity index (χ1n) is 7.67. The van der Waals surface area contributed by atoms with E-state index in [2.05, 4.69) is 4.98 Å². The highest BCUT2D eigenvalue weighted by molar-refractivity contribution is 5.79. The summed E-state index contributed by atoms with van der Waals surface area (Å²) in [6.45, 7) is 1.25. The quantitative estimate of drug-likeness (QED) is 0.930. The maximum Gasteiger partial charge on any atom is 0.163 e. The van der Waals surface area contributed by atoms with E-state index in [9.17, 15) is 0 Å². The number of aryl methyl sites for hydroxylation is 1. The number of aromatic amines is 1. The number of H-pyrrole nitrogens is 1. The molecular weight excluding hydrogens is 252 g/mol. The Morgan fingerprint density at radius 2 is 1.85 bits per heavy atom. The lowest BCUT2D eigenvalue weighted by Gasteiger charge is -2.17. The fourth-order valence-corrected chi connectivity index (χ4v) is 3.36. The van der Waals surface area contributed by atoms with Gasteiger partial charge in [0.15, 0.2) is 11.5 Å². The molecule has 1 aromatic heterocycles. The molecule has 2 heterocycles. The van der Waals surface area contributed by atoms with Crippen molar-refractivity contribution in [2.75, 3.05) is 13.2 Å². The zero-order chi connectivity index (χ0) is 13.4. The third-order valence-electron chi connectivity index (χ3n) is 4.46. The average molecular weight is 272 g/mol. The Kier molecular flexibility index (Phi) is 3.02. The summed E-state index contributed by atoms with van der Waals surface area (Å²) in [5.74, 6) is 3.64. The van der Waals surface area contributed by atoms with Crippen molar-refractivity contribution >= 4 is 11.0 Å². The fourth-order valence-electron chi connectivity index (χ4n) is 3.36. The molecule has 2 aromatic rings. The molecule has 4 heteroatoms. The second kappa shape index (κ2) is 5.00. The monoisotopic (exact) mass is 272 g/mol. The summed E-state index contributed by atoms with van der Waals surface area (Å²) in [7, 11) is 0. The molecule has 20 heavy (non-hydrogen) atoms. The zero-order valence-corrected chi connectivity index (χ0v) is 11.7. The maximum absolute atomic E-state index is 5.61. The van der Waals surface area contributed by atoms with Crippen molar-refractivity contribution in [1.82, 2.24) is 9.97 Å². The van der Waals surface area contributed by atoms with Gasteiger partial charge >= 0.3 is 0 Å². The van der Waals surface area contributed by atoms with Crippen LogP contribution in [0.4, 0.5) is 0 Å². The largest absolute Gasteiger partial charge is 0.486 e. The molecule has 0 atom stereocenters. The minimum Gasteiger partial charge on any atom is -0.486 e. The van der Waals surface area contributed by atoms with E-state index < -0.39 is 0 Å². The lowest BCUT2D eigenvalue weighted by molar-refractivity contribution is 0.172. The molecule has 1 saturated carbocycles. The zero-order valence-electron chi connectivity index (χ0n) is 11.7. The highest BCUT2D eigenvalue weighted by Crippen LogP contribution is 2.34. The van der Waals surface area contributed by atoms with Gasteiger partial charge in [-0.05, 0) is 12.3 Å². The van der Waals surface area contributed by atoms with Crippen molar-refractivity contribution in [3.8, 4) is 11.5 Å². The van der Waals surface area contributed by atoms with Crippen LogP contribution in [0.1, 0.15) is 37.9 Å². The number of fused-ring (bicyclic) bond motifs is 2. The van der Waals surface area contributed by atoms with Crippen LogP contribution in [0.3, 0.4) is 0 Å². The first-order valence-corrected chi connectivity index (χ1v) is 7.67. The Hall–Kier alpha value is -1.71. The Morgan fingerprint density at radius 3 is 2.65 bits per heavy atom. The van der Waals surface area contributed by atoms with E-state index in [1.54, 1.807) is 0 Å². The minimum absolute atomic E-state index is 0.622. The van der Waals surface area contributed by atoms with Gasteiger partial charge in [-0.3, -0.25) is 0 Å². The normalized spacial score (nSPS) is 18.8. The summed E-state index contributed by atoms with van der Waals surface area (Å²) in [6, 6.07) is 4.00. The van der Waals surface area contributed by atoms with Gasteiger partial charge in [0.1, 0.15) is 19.0 Å². The average Bonchev–Trinajstić information content (AvgIpc) is 3.11. The molecule has 0 spiro atoms. The van der Waals surface area contributed by atoms with Crippen LogP contribution in [-0.4, -0.2) is 23.2 Å². The third-order valence-corrected chi connectivity index (χ3v) is 4.46. The lowest BCUT2D eigenvalue weighted by Crippen LogP contribution is -2.15. The highest BCUT2D eigenvalue weighted by atomic mass is 16.6. The van der Waals surface area contributed by atoms with Gasteiger partial charge in [0.25, 0.3) is 0 Å². The topological polar surface area (TPSA) is 47.1 Å². The standard InChI is InChI=1S/C16H20N2O2/c1-2-4-11(3-1)5-6-16-17-12-9-14-15(10-13(12)18-16)20-8-7-19-14/h9-11H,1-8H2,(H,17,18). The molecule has 2 aliphatic rings. The summed E-state index contributed by atoms with van der Waals surface area (Å²) in [6.07, 6.45) is 7.92. The molecule has 1 aliphatic carbocycles. The summed E-state index contributed by atoms with van der Waals surface area (Å²) in [4.78, 5) is 8.11. The molecule has 106 valence electrons. The number of benzene rings is 1. The van der Waals surface area contributed by atoms with Crippen LogP contribution in [0.15, 0.2) is 12.1 Å². The van der Waals surface area contributed by atoms with Crippen molar-refractivity contribution < 1.29 is 9.47 Å². The van der Waals surface area contributed by atoms with Crippen LogP contribution in [-0.2, 0) is 6.42 Å².